The van der Waals surface area contributed by atoms with Crippen molar-refractivity contribution in [2.24, 2.45) is 0 Å². The number of sulfonamides is 2. The van der Waals surface area contributed by atoms with Gasteiger partial charge in [-0.05, 0) is 19.4 Å². The maximum atomic E-state index is 12.5. The van der Waals surface area contributed by atoms with Crippen LogP contribution in [0, 0.1) is 6.92 Å². The molecular weight excluding hydrogens is 342 g/mol. The van der Waals surface area contributed by atoms with Crippen LogP contribution in [0.15, 0.2) is 23.4 Å². The van der Waals surface area contributed by atoms with Gasteiger partial charge in [0.25, 0.3) is 0 Å². The van der Waals surface area contributed by atoms with Gasteiger partial charge < -0.3 is 0 Å². The summed E-state index contributed by atoms with van der Waals surface area (Å²) in [5.41, 5.74) is 0.580. The molecule has 11 heteroatoms. The largest absolute Gasteiger partial charge is 0.246 e. The summed E-state index contributed by atoms with van der Waals surface area (Å²) in [7, 11) is -7.05. The molecule has 0 aliphatic carbocycles. The number of aromatic nitrogens is 3. The zero-order valence-corrected chi connectivity index (χ0v) is 14.1. The van der Waals surface area contributed by atoms with Crippen molar-refractivity contribution >= 4 is 25.7 Å². The summed E-state index contributed by atoms with van der Waals surface area (Å²) in [5, 5.41) is 4.12. The Labute approximate surface area is 134 Å². The highest BCUT2D eigenvalue weighted by Gasteiger charge is 2.29. The molecule has 23 heavy (non-hydrogen) atoms. The smallest absolute Gasteiger partial charge is 0.236 e. The number of aryl methyl sites for hydroxylation is 1. The molecule has 1 N–H and O–H groups in total. The first-order valence-electron chi connectivity index (χ1n) is 7.09. The van der Waals surface area contributed by atoms with Gasteiger partial charge in [-0.25, -0.2) is 35.4 Å². The molecule has 0 radical (unpaired) electrons. The minimum Gasteiger partial charge on any atom is -0.236 e. The number of fused-ring (bicyclic) bond motifs is 1. The maximum Gasteiger partial charge on any atom is 0.246 e. The van der Waals surface area contributed by atoms with Gasteiger partial charge in [-0.2, -0.15) is 5.10 Å². The van der Waals surface area contributed by atoms with Crippen molar-refractivity contribution in [3.8, 4) is 0 Å². The minimum absolute atomic E-state index is 0.00514. The van der Waals surface area contributed by atoms with Crippen molar-refractivity contribution < 1.29 is 16.8 Å². The zero-order chi connectivity index (χ0) is 16.7. The van der Waals surface area contributed by atoms with E-state index in [1.807, 2.05) is 0 Å². The van der Waals surface area contributed by atoms with Crippen LogP contribution in [0.3, 0.4) is 0 Å². The normalized spacial score (nSPS) is 18.7. The van der Waals surface area contributed by atoms with Crippen molar-refractivity contribution in [3.05, 3.63) is 24.2 Å². The number of hydrogen-bond donors (Lipinski definition) is 1. The van der Waals surface area contributed by atoms with E-state index < -0.39 is 20.0 Å². The summed E-state index contributed by atoms with van der Waals surface area (Å²) in [6, 6.07) is 1.65. The van der Waals surface area contributed by atoms with Crippen molar-refractivity contribution in [2.75, 3.05) is 25.4 Å². The van der Waals surface area contributed by atoms with Gasteiger partial charge in [0.1, 0.15) is 4.90 Å². The van der Waals surface area contributed by atoms with Gasteiger partial charge in [-0.1, -0.05) is 0 Å². The van der Waals surface area contributed by atoms with Crippen LogP contribution >= 0.6 is 0 Å². The van der Waals surface area contributed by atoms with Crippen LogP contribution in [-0.4, -0.2) is 61.1 Å². The Balaban J connectivity index is 1.78. The molecule has 0 spiro atoms. The van der Waals surface area contributed by atoms with Crippen molar-refractivity contribution in [1.82, 2.24) is 23.6 Å². The quantitative estimate of drug-likeness (QED) is 0.759. The second kappa shape index (κ2) is 5.82. The Kier molecular flexibility index (Phi) is 4.12. The molecule has 0 saturated carbocycles. The van der Waals surface area contributed by atoms with E-state index in [4.69, 9.17) is 0 Å². The Morgan fingerprint density at radius 1 is 1.39 bits per heavy atom. The number of rotatable bonds is 5. The van der Waals surface area contributed by atoms with Gasteiger partial charge in [0.05, 0.1) is 11.4 Å². The molecule has 2 aromatic rings. The molecule has 126 valence electrons. The summed E-state index contributed by atoms with van der Waals surface area (Å²) in [6.45, 7) is 2.15. The van der Waals surface area contributed by atoms with Crippen LogP contribution in [0.5, 0.6) is 0 Å². The molecule has 1 aliphatic rings. The fourth-order valence-electron chi connectivity index (χ4n) is 2.61. The second-order valence-corrected chi connectivity index (χ2v) is 9.06. The highest BCUT2D eigenvalue weighted by Crippen LogP contribution is 2.19. The third kappa shape index (κ3) is 3.09. The lowest BCUT2D eigenvalue weighted by Gasteiger charge is -2.14. The summed E-state index contributed by atoms with van der Waals surface area (Å²) in [4.78, 5) is 4.07. The summed E-state index contributed by atoms with van der Waals surface area (Å²) < 4.78 is 53.5. The first-order chi connectivity index (χ1) is 10.8. The molecule has 9 nitrogen and oxygen atoms in total. The van der Waals surface area contributed by atoms with Crippen LogP contribution in [0.25, 0.3) is 5.65 Å². The lowest BCUT2D eigenvalue weighted by Crippen LogP contribution is -2.36. The monoisotopic (exact) mass is 359 g/mol. The van der Waals surface area contributed by atoms with E-state index in [2.05, 4.69) is 14.8 Å². The molecule has 1 fully saturated rings. The predicted molar refractivity (Wildman–Crippen MR) is 82.9 cm³/mol. The summed E-state index contributed by atoms with van der Waals surface area (Å²) in [5.74, 6) is 0.122. The third-order valence-corrected chi connectivity index (χ3v) is 7.20. The number of nitrogens with zero attached hydrogens (tertiary/aromatic N) is 4. The van der Waals surface area contributed by atoms with Gasteiger partial charge in [0.15, 0.2) is 5.65 Å². The molecular formula is C12H17N5O4S2. The second-order valence-electron chi connectivity index (χ2n) is 5.27. The van der Waals surface area contributed by atoms with Gasteiger partial charge in [-0.15, -0.1) is 0 Å². The van der Waals surface area contributed by atoms with Crippen LogP contribution in [0.1, 0.15) is 12.1 Å². The van der Waals surface area contributed by atoms with E-state index in [0.717, 1.165) is 0 Å². The molecule has 0 amide bonds. The molecule has 0 bridgehead atoms. The van der Waals surface area contributed by atoms with Crippen LogP contribution in [-0.2, 0) is 20.0 Å². The first kappa shape index (κ1) is 16.3. The van der Waals surface area contributed by atoms with Crippen LogP contribution < -0.4 is 4.72 Å². The predicted octanol–water partition coefficient (Wildman–Crippen LogP) is -0.648. The van der Waals surface area contributed by atoms with E-state index in [1.54, 1.807) is 19.2 Å². The zero-order valence-electron chi connectivity index (χ0n) is 12.5. The van der Waals surface area contributed by atoms with Gasteiger partial charge >= 0.3 is 0 Å². The molecule has 0 atom stereocenters. The Bertz CT molecular complexity index is 936. The van der Waals surface area contributed by atoms with Gasteiger partial charge in [0.2, 0.25) is 20.0 Å². The van der Waals surface area contributed by atoms with Gasteiger partial charge in [0, 0.05) is 32.0 Å². The van der Waals surface area contributed by atoms with E-state index in [9.17, 15) is 16.8 Å². The Morgan fingerprint density at radius 3 is 2.87 bits per heavy atom. The Morgan fingerprint density at radius 2 is 2.17 bits per heavy atom. The molecule has 1 aliphatic heterocycles. The first-order valence-corrected chi connectivity index (χ1v) is 10.2. The van der Waals surface area contributed by atoms with Gasteiger partial charge in [-0.3, -0.25) is 0 Å². The maximum absolute atomic E-state index is 12.5. The standard InChI is InChI=1S/C12H17N5O4S2/c1-10-11(12-13-4-2-7-17(12)15-10)23(20,21)14-5-8-16-6-3-9-22(16,18)19/h2,4,7,14H,3,5-6,8-9H2,1H3. The highest BCUT2D eigenvalue weighted by atomic mass is 32.2. The molecule has 3 rings (SSSR count). The lowest BCUT2D eigenvalue weighted by molar-refractivity contribution is 0.444. The summed E-state index contributed by atoms with van der Waals surface area (Å²) >= 11 is 0. The molecule has 0 aromatic carbocycles. The number of nitrogens with one attached hydrogen (secondary N) is 1. The van der Waals surface area contributed by atoms with Crippen molar-refractivity contribution in [3.63, 3.8) is 0 Å². The van der Waals surface area contributed by atoms with E-state index in [0.29, 0.717) is 18.7 Å². The lowest BCUT2D eigenvalue weighted by atomic mass is 10.5. The third-order valence-electron chi connectivity index (χ3n) is 3.64. The van der Waals surface area contributed by atoms with Crippen LogP contribution in [0.2, 0.25) is 0 Å². The molecule has 2 aromatic heterocycles. The van der Waals surface area contributed by atoms with E-state index in [-0.39, 0.29) is 29.4 Å². The topological polar surface area (TPSA) is 114 Å². The Hall–Kier alpha value is -1.56. The SMILES string of the molecule is Cc1nn2cccnc2c1S(=O)(=O)NCCN1CCCS1(=O)=O. The van der Waals surface area contributed by atoms with E-state index >= 15 is 0 Å². The van der Waals surface area contributed by atoms with E-state index in [1.165, 1.54) is 15.0 Å². The summed E-state index contributed by atoms with van der Waals surface area (Å²) in [6.07, 6.45) is 3.68. The van der Waals surface area contributed by atoms with Crippen LogP contribution in [0.4, 0.5) is 0 Å². The van der Waals surface area contributed by atoms with Crippen molar-refractivity contribution in [1.29, 1.82) is 0 Å². The minimum atomic E-state index is -3.82. The average molecular weight is 359 g/mol. The molecule has 1 saturated heterocycles. The average Bonchev–Trinajstić information content (AvgIpc) is 2.97. The molecule has 0 unspecified atom stereocenters. The highest BCUT2D eigenvalue weighted by molar-refractivity contribution is 7.90. The fourth-order valence-corrected chi connectivity index (χ4v) is 5.46. The fraction of sp³-hybridized carbons (Fsp3) is 0.500. The molecule has 3 heterocycles. The van der Waals surface area contributed by atoms with Crippen molar-refractivity contribution in [2.45, 2.75) is 18.2 Å². The number of hydrogen-bond acceptors (Lipinski definition) is 6.